The normalized spacial score (nSPS) is 22.6. The predicted octanol–water partition coefficient (Wildman–Crippen LogP) is 2.92. The maximum absolute atomic E-state index is 13.5. The Kier molecular flexibility index (Phi) is 5.93. The number of benzene rings is 1. The van der Waals surface area contributed by atoms with Crippen LogP contribution in [0.2, 0.25) is 5.02 Å². The van der Waals surface area contributed by atoms with E-state index in [1.165, 1.54) is 0 Å². The number of carbonyl (C=O) groups excluding carboxylic acids is 2. The zero-order valence-corrected chi connectivity index (χ0v) is 17.3. The van der Waals surface area contributed by atoms with Crippen molar-refractivity contribution in [2.75, 3.05) is 45.8 Å². The Morgan fingerprint density at radius 2 is 1.50 bits per heavy atom. The van der Waals surface area contributed by atoms with Gasteiger partial charge in [-0.05, 0) is 49.8 Å². The standard InChI is InChI=1S/C22H30ClN3O2/c23-19-7-5-18(6-8-19)22(9-3-10-22)21(28)26-14-4-11-24(15-16-26)17-20(27)25-12-1-2-13-25/h5-8H,1-4,9-17H2. The van der Waals surface area contributed by atoms with Crippen molar-refractivity contribution in [2.45, 2.75) is 43.9 Å². The third kappa shape index (κ3) is 3.92. The first-order valence-corrected chi connectivity index (χ1v) is 11.0. The van der Waals surface area contributed by atoms with Crippen LogP contribution in [0.25, 0.3) is 0 Å². The molecule has 1 aromatic rings. The van der Waals surface area contributed by atoms with Crippen LogP contribution in [0.3, 0.4) is 0 Å². The van der Waals surface area contributed by atoms with E-state index in [9.17, 15) is 9.59 Å². The first kappa shape index (κ1) is 19.7. The van der Waals surface area contributed by atoms with Gasteiger partial charge in [0.15, 0.2) is 0 Å². The molecular weight excluding hydrogens is 374 g/mol. The van der Waals surface area contributed by atoms with Crippen LogP contribution in [0.1, 0.15) is 44.1 Å². The van der Waals surface area contributed by atoms with Gasteiger partial charge >= 0.3 is 0 Å². The Balaban J connectivity index is 1.38. The largest absolute Gasteiger partial charge is 0.342 e. The average Bonchev–Trinajstić information content (AvgIpc) is 3.10. The van der Waals surface area contributed by atoms with Crippen LogP contribution >= 0.6 is 11.6 Å². The maximum Gasteiger partial charge on any atom is 0.236 e. The molecule has 6 heteroatoms. The summed E-state index contributed by atoms with van der Waals surface area (Å²) in [5.74, 6) is 0.502. The molecule has 152 valence electrons. The summed E-state index contributed by atoms with van der Waals surface area (Å²) in [5, 5.41) is 0.707. The molecule has 3 aliphatic rings. The van der Waals surface area contributed by atoms with Crippen molar-refractivity contribution in [3.8, 4) is 0 Å². The number of amides is 2. The molecule has 0 aromatic heterocycles. The molecule has 5 nitrogen and oxygen atoms in total. The fourth-order valence-electron chi connectivity index (χ4n) is 4.82. The SMILES string of the molecule is O=C(CN1CCCN(C(=O)C2(c3ccc(Cl)cc3)CCC2)CC1)N1CCCC1. The van der Waals surface area contributed by atoms with Crippen LogP contribution < -0.4 is 0 Å². The van der Waals surface area contributed by atoms with E-state index in [-0.39, 0.29) is 17.2 Å². The molecule has 2 aliphatic heterocycles. The zero-order chi connectivity index (χ0) is 19.6. The van der Waals surface area contributed by atoms with E-state index in [0.29, 0.717) is 18.1 Å². The molecule has 0 atom stereocenters. The molecule has 0 unspecified atom stereocenters. The summed E-state index contributed by atoms with van der Waals surface area (Å²) in [5.41, 5.74) is 0.726. The van der Waals surface area contributed by atoms with Gasteiger partial charge in [-0.25, -0.2) is 0 Å². The Morgan fingerprint density at radius 1 is 0.821 bits per heavy atom. The zero-order valence-electron chi connectivity index (χ0n) is 16.5. The van der Waals surface area contributed by atoms with Gasteiger partial charge in [0.25, 0.3) is 0 Å². The smallest absolute Gasteiger partial charge is 0.236 e. The highest BCUT2D eigenvalue weighted by Crippen LogP contribution is 2.45. The fraction of sp³-hybridized carbons (Fsp3) is 0.636. The molecule has 2 heterocycles. The van der Waals surface area contributed by atoms with E-state index in [1.807, 2.05) is 34.1 Å². The van der Waals surface area contributed by atoms with Gasteiger partial charge in [-0.3, -0.25) is 14.5 Å². The number of hydrogen-bond acceptors (Lipinski definition) is 3. The predicted molar refractivity (Wildman–Crippen MR) is 110 cm³/mol. The second kappa shape index (κ2) is 8.42. The van der Waals surface area contributed by atoms with Gasteiger partial charge in [0, 0.05) is 44.3 Å². The highest BCUT2D eigenvalue weighted by atomic mass is 35.5. The minimum atomic E-state index is -0.370. The number of carbonyl (C=O) groups is 2. The summed E-state index contributed by atoms with van der Waals surface area (Å²) in [6.07, 6.45) is 6.11. The van der Waals surface area contributed by atoms with Gasteiger partial charge in [-0.1, -0.05) is 30.2 Å². The first-order chi connectivity index (χ1) is 13.6. The summed E-state index contributed by atoms with van der Waals surface area (Å²) in [6.45, 7) is 5.45. The van der Waals surface area contributed by atoms with Gasteiger partial charge < -0.3 is 9.80 Å². The molecule has 3 fully saturated rings. The summed E-state index contributed by atoms with van der Waals surface area (Å²) in [4.78, 5) is 32.2. The van der Waals surface area contributed by atoms with Crippen LogP contribution in [-0.2, 0) is 15.0 Å². The molecule has 4 rings (SSSR count). The van der Waals surface area contributed by atoms with Crippen LogP contribution in [-0.4, -0.2) is 72.3 Å². The van der Waals surface area contributed by atoms with Crippen molar-refractivity contribution >= 4 is 23.4 Å². The first-order valence-electron chi connectivity index (χ1n) is 10.6. The fourth-order valence-corrected chi connectivity index (χ4v) is 4.94. The van der Waals surface area contributed by atoms with Gasteiger partial charge in [0.05, 0.1) is 12.0 Å². The Morgan fingerprint density at radius 3 is 2.14 bits per heavy atom. The third-order valence-corrected chi connectivity index (χ3v) is 6.96. The van der Waals surface area contributed by atoms with Crippen LogP contribution in [0, 0.1) is 0 Å². The van der Waals surface area contributed by atoms with E-state index in [1.54, 1.807) is 0 Å². The monoisotopic (exact) mass is 403 g/mol. The molecule has 2 saturated heterocycles. The number of likely N-dealkylation sites (tertiary alicyclic amines) is 1. The summed E-state index contributed by atoms with van der Waals surface area (Å²) in [7, 11) is 0. The van der Waals surface area contributed by atoms with Crippen molar-refractivity contribution in [1.82, 2.24) is 14.7 Å². The van der Waals surface area contributed by atoms with E-state index in [4.69, 9.17) is 11.6 Å². The van der Waals surface area contributed by atoms with Crippen molar-refractivity contribution in [3.05, 3.63) is 34.9 Å². The molecule has 1 aliphatic carbocycles. The van der Waals surface area contributed by atoms with Crippen molar-refractivity contribution in [2.24, 2.45) is 0 Å². The molecule has 0 bridgehead atoms. The molecule has 0 N–H and O–H groups in total. The van der Waals surface area contributed by atoms with Crippen molar-refractivity contribution in [3.63, 3.8) is 0 Å². The molecule has 28 heavy (non-hydrogen) atoms. The quantitative estimate of drug-likeness (QED) is 0.776. The second-order valence-corrected chi connectivity index (χ2v) is 8.89. The topological polar surface area (TPSA) is 43.9 Å². The van der Waals surface area contributed by atoms with Gasteiger partial charge in [0.1, 0.15) is 0 Å². The molecule has 1 aromatic carbocycles. The van der Waals surface area contributed by atoms with E-state index < -0.39 is 0 Å². The Bertz CT molecular complexity index is 711. The Labute approximate surface area is 172 Å². The minimum Gasteiger partial charge on any atom is -0.342 e. The van der Waals surface area contributed by atoms with Crippen LogP contribution in [0.15, 0.2) is 24.3 Å². The lowest BCUT2D eigenvalue weighted by molar-refractivity contribution is -0.140. The number of rotatable bonds is 4. The highest BCUT2D eigenvalue weighted by molar-refractivity contribution is 6.30. The molecule has 1 saturated carbocycles. The third-order valence-electron chi connectivity index (χ3n) is 6.71. The number of hydrogen-bond donors (Lipinski definition) is 0. The molecular formula is C22H30ClN3O2. The van der Waals surface area contributed by atoms with Crippen molar-refractivity contribution < 1.29 is 9.59 Å². The maximum atomic E-state index is 13.5. The molecule has 0 radical (unpaired) electrons. The number of halogens is 1. The van der Waals surface area contributed by atoms with E-state index >= 15 is 0 Å². The highest BCUT2D eigenvalue weighted by Gasteiger charge is 2.47. The second-order valence-electron chi connectivity index (χ2n) is 8.45. The lowest BCUT2D eigenvalue weighted by Crippen LogP contribution is -2.52. The summed E-state index contributed by atoms with van der Waals surface area (Å²) >= 11 is 6.05. The Hall–Kier alpha value is -1.59. The van der Waals surface area contributed by atoms with Gasteiger partial charge in [-0.2, -0.15) is 0 Å². The summed E-state index contributed by atoms with van der Waals surface area (Å²) < 4.78 is 0. The lowest BCUT2D eigenvalue weighted by Gasteiger charge is -2.44. The average molecular weight is 404 g/mol. The van der Waals surface area contributed by atoms with Gasteiger partial charge in [0.2, 0.25) is 11.8 Å². The van der Waals surface area contributed by atoms with Crippen LogP contribution in [0.4, 0.5) is 0 Å². The minimum absolute atomic E-state index is 0.244. The number of nitrogens with zero attached hydrogens (tertiary/aromatic N) is 3. The molecule has 0 spiro atoms. The van der Waals surface area contributed by atoms with Crippen LogP contribution in [0.5, 0.6) is 0 Å². The van der Waals surface area contributed by atoms with Crippen molar-refractivity contribution in [1.29, 1.82) is 0 Å². The summed E-state index contributed by atoms with van der Waals surface area (Å²) in [6, 6.07) is 7.80. The van der Waals surface area contributed by atoms with E-state index in [0.717, 1.165) is 76.8 Å². The van der Waals surface area contributed by atoms with E-state index in [2.05, 4.69) is 4.90 Å². The lowest BCUT2D eigenvalue weighted by atomic mass is 9.63. The molecule has 2 amide bonds. The van der Waals surface area contributed by atoms with Gasteiger partial charge in [-0.15, -0.1) is 0 Å².